The highest BCUT2D eigenvalue weighted by molar-refractivity contribution is 5.76. The Labute approximate surface area is 88.9 Å². The lowest BCUT2D eigenvalue weighted by Gasteiger charge is -2.20. The number of rotatable bonds is 1. The highest BCUT2D eigenvalue weighted by Gasteiger charge is 2.19. The molecule has 0 aromatic carbocycles. The molecule has 0 unspecified atom stereocenters. The first-order chi connectivity index (χ1) is 7.45. The van der Waals surface area contributed by atoms with Crippen molar-refractivity contribution in [2.24, 2.45) is 0 Å². The molecule has 1 aliphatic rings. The van der Waals surface area contributed by atoms with Crippen LogP contribution in [0.4, 0.5) is 0 Å². The van der Waals surface area contributed by atoms with Crippen LogP contribution in [-0.2, 0) is 0 Å². The molecule has 1 saturated carbocycles. The Kier molecular flexibility index (Phi) is 2.16. The Hall–Kier alpha value is -1.38. The zero-order chi connectivity index (χ0) is 10.1. The molecule has 15 heavy (non-hydrogen) atoms. The molecular formula is C12H15N3. The van der Waals surface area contributed by atoms with Gasteiger partial charge in [0.1, 0.15) is 5.52 Å². The maximum atomic E-state index is 4.52. The number of hydrogen-bond acceptors (Lipinski definition) is 2. The SMILES string of the molecule is c1cc2[nH]cnc2c(C2CCCCC2)n1. The summed E-state index contributed by atoms with van der Waals surface area (Å²) in [6, 6.07) is 1.99. The van der Waals surface area contributed by atoms with E-state index in [0.717, 1.165) is 11.0 Å². The molecule has 1 aliphatic carbocycles. The van der Waals surface area contributed by atoms with Gasteiger partial charge in [0.25, 0.3) is 0 Å². The summed E-state index contributed by atoms with van der Waals surface area (Å²) in [7, 11) is 0. The molecule has 0 spiro atoms. The van der Waals surface area contributed by atoms with Gasteiger partial charge in [-0.15, -0.1) is 0 Å². The average molecular weight is 201 g/mol. The molecule has 0 saturated heterocycles. The van der Waals surface area contributed by atoms with Crippen LogP contribution in [0.5, 0.6) is 0 Å². The Bertz CT molecular complexity index is 455. The molecule has 0 atom stereocenters. The monoisotopic (exact) mass is 201 g/mol. The van der Waals surface area contributed by atoms with Crippen molar-refractivity contribution in [3.63, 3.8) is 0 Å². The Balaban J connectivity index is 2.05. The lowest BCUT2D eigenvalue weighted by Crippen LogP contribution is -2.06. The first-order valence-electron chi connectivity index (χ1n) is 5.73. The van der Waals surface area contributed by atoms with Crippen LogP contribution >= 0.6 is 0 Å². The van der Waals surface area contributed by atoms with Crippen LogP contribution in [0.3, 0.4) is 0 Å². The minimum absolute atomic E-state index is 0.630. The van der Waals surface area contributed by atoms with Crippen LogP contribution in [0.2, 0.25) is 0 Å². The molecule has 0 amide bonds. The summed E-state index contributed by atoms with van der Waals surface area (Å²) in [6.07, 6.45) is 10.3. The number of aromatic nitrogens is 3. The summed E-state index contributed by atoms with van der Waals surface area (Å²) in [5.41, 5.74) is 3.39. The largest absolute Gasteiger partial charge is 0.344 e. The van der Waals surface area contributed by atoms with Gasteiger partial charge in [0, 0.05) is 12.1 Å². The van der Waals surface area contributed by atoms with Crippen molar-refractivity contribution in [2.45, 2.75) is 38.0 Å². The summed E-state index contributed by atoms with van der Waals surface area (Å²) in [5, 5.41) is 0. The fourth-order valence-corrected chi connectivity index (χ4v) is 2.56. The first-order valence-corrected chi connectivity index (χ1v) is 5.73. The van der Waals surface area contributed by atoms with E-state index in [1.165, 1.54) is 37.8 Å². The van der Waals surface area contributed by atoms with Crippen LogP contribution in [0, 0.1) is 0 Å². The second-order valence-corrected chi connectivity index (χ2v) is 4.33. The number of imidazole rings is 1. The van der Waals surface area contributed by atoms with E-state index in [0.29, 0.717) is 5.92 Å². The van der Waals surface area contributed by atoms with Gasteiger partial charge in [-0.1, -0.05) is 19.3 Å². The molecule has 0 radical (unpaired) electrons. The van der Waals surface area contributed by atoms with Gasteiger partial charge in [0.2, 0.25) is 0 Å². The molecule has 2 aromatic heterocycles. The Morgan fingerprint density at radius 2 is 2.00 bits per heavy atom. The number of fused-ring (bicyclic) bond motifs is 1. The van der Waals surface area contributed by atoms with E-state index in [1.54, 1.807) is 6.33 Å². The molecule has 3 rings (SSSR count). The second-order valence-electron chi connectivity index (χ2n) is 4.33. The molecule has 2 aromatic rings. The van der Waals surface area contributed by atoms with E-state index in [-0.39, 0.29) is 0 Å². The van der Waals surface area contributed by atoms with Gasteiger partial charge in [-0.2, -0.15) is 0 Å². The van der Waals surface area contributed by atoms with Crippen molar-refractivity contribution in [2.75, 3.05) is 0 Å². The van der Waals surface area contributed by atoms with Gasteiger partial charge in [0.15, 0.2) is 0 Å². The predicted molar refractivity (Wildman–Crippen MR) is 59.7 cm³/mol. The molecule has 78 valence electrons. The summed E-state index contributed by atoms with van der Waals surface area (Å²) in [6.45, 7) is 0. The Morgan fingerprint density at radius 3 is 2.87 bits per heavy atom. The second kappa shape index (κ2) is 3.65. The summed E-state index contributed by atoms with van der Waals surface area (Å²) in [5.74, 6) is 0.630. The van der Waals surface area contributed by atoms with Gasteiger partial charge in [-0.05, 0) is 18.9 Å². The van der Waals surface area contributed by atoms with Crippen molar-refractivity contribution < 1.29 is 0 Å². The maximum Gasteiger partial charge on any atom is 0.110 e. The fourth-order valence-electron chi connectivity index (χ4n) is 2.56. The molecule has 0 bridgehead atoms. The average Bonchev–Trinajstić information content (AvgIpc) is 2.78. The van der Waals surface area contributed by atoms with Gasteiger partial charge in [-0.3, -0.25) is 4.98 Å². The minimum Gasteiger partial charge on any atom is -0.344 e. The lowest BCUT2D eigenvalue weighted by atomic mass is 9.86. The third kappa shape index (κ3) is 1.52. The number of H-pyrrole nitrogens is 1. The molecule has 2 heterocycles. The third-order valence-electron chi connectivity index (χ3n) is 3.36. The van der Waals surface area contributed by atoms with Crippen LogP contribution in [0.15, 0.2) is 18.6 Å². The topological polar surface area (TPSA) is 41.6 Å². The van der Waals surface area contributed by atoms with E-state index in [1.807, 2.05) is 12.3 Å². The third-order valence-corrected chi connectivity index (χ3v) is 3.36. The van der Waals surface area contributed by atoms with Gasteiger partial charge in [0.05, 0.1) is 17.5 Å². The number of pyridine rings is 1. The zero-order valence-corrected chi connectivity index (χ0v) is 8.74. The molecule has 1 N–H and O–H groups in total. The van der Waals surface area contributed by atoms with Crippen molar-refractivity contribution in [3.8, 4) is 0 Å². The minimum atomic E-state index is 0.630. The molecule has 1 fully saturated rings. The normalized spacial score (nSPS) is 18.4. The highest BCUT2D eigenvalue weighted by Crippen LogP contribution is 2.33. The molecule has 0 aliphatic heterocycles. The summed E-state index contributed by atoms with van der Waals surface area (Å²) in [4.78, 5) is 12.0. The van der Waals surface area contributed by atoms with Crippen molar-refractivity contribution in [3.05, 3.63) is 24.3 Å². The summed E-state index contributed by atoms with van der Waals surface area (Å²) < 4.78 is 0. The van der Waals surface area contributed by atoms with E-state index in [9.17, 15) is 0 Å². The number of aromatic amines is 1. The highest BCUT2D eigenvalue weighted by atomic mass is 14.9. The van der Waals surface area contributed by atoms with Crippen LogP contribution < -0.4 is 0 Å². The van der Waals surface area contributed by atoms with E-state index in [4.69, 9.17) is 0 Å². The van der Waals surface area contributed by atoms with E-state index < -0.39 is 0 Å². The molecular weight excluding hydrogens is 186 g/mol. The predicted octanol–water partition coefficient (Wildman–Crippen LogP) is 3.01. The van der Waals surface area contributed by atoms with E-state index >= 15 is 0 Å². The van der Waals surface area contributed by atoms with Crippen LogP contribution in [-0.4, -0.2) is 15.0 Å². The fraction of sp³-hybridized carbons (Fsp3) is 0.500. The Morgan fingerprint density at radius 1 is 1.13 bits per heavy atom. The summed E-state index contributed by atoms with van der Waals surface area (Å²) >= 11 is 0. The van der Waals surface area contributed by atoms with Crippen molar-refractivity contribution >= 4 is 11.0 Å². The van der Waals surface area contributed by atoms with Crippen LogP contribution in [0.25, 0.3) is 11.0 Å². The van der Waals surface area contributed by atoms with Crippen molar-refractivity contribution in [1.82, 2.24) is 15.0 Å². The number of nitrogens with one attached hydrogen (secondary N) is 1. The van der Waals surface area contributed by atoms with Gasteiger partial charge in [-0.25, -0.2) is 4.98 Å². The van der Waals surface area contributed by atoms with Crippen molar-refractivity contribution in [1.29, 1.82) is 0 Å². The molecule has 3 nitrogen and oxygen atoms in total. The van der Waals surface area contributed by atoms with Gasteiger partial charge < -0.3 is 4.98 Å². The van der Waals surface area contributed by atoms with Crippen LogP contribution in [0.1, 0.15) is 43.7 Å². The smallest absolute Gasteiger partial charge is 0.110 e. The quantitative estimate of drug-likeness (QED) is 0.770. The first kappa shape index (κ1) is 8.89. The van der Waals surface area contributed by atoms with E-state index in [2.05, 4.69) is 15.0 Å². The lowest BCUT2D eigenvalue weighted by molar-refractivity contribution is 0.438. The maximum absolute atomic E-state index is 4.52. The molecule has 3 heteroatoms. The number of hydrogen-bond donors (Lipinski definition) is 1. The zero-order valence-electron chi connectivity index (χ0n) is 8.74. The van der Waals surface area contributed by atoms with Gasteiger partial charge >= 0.3 is 0 Å². The standard InChI is InChI=1S/C12H15N3/c1-2-4-9(5-3-1)11-12-10(6-7-13-11)14-8-15-12/h6-9H,1-5H2,(H,14,15). The number of nitrogens with zero attached hydrogens (tertiary/aromatic N) is 2.